The molecule has 124 valence electrons. The van der Waals surface area contributed by atoms with Gasteiger partial charge in [-0.2, -0.15) is 5.10 Å². The smallest absolute Gasteiger partial charge is 0.336 e. The number of hydrogen-bond donors (Lipinski definition) is 1. The van der Waals surface area contributed by atoms with Crippen molar-refractivity contribution in [2.45, 2.75) is 19.8 Å². The Balaban J connectivity index is 1.63. The van der Waals surface area contributed by atoms with E-state index in [0.29, 0.717) is 24.2 Å². The van der Waals surface area contributed by atoms with Gasteiger partial charge < -0.3 is 4.42 Å². The molecule has 0 radical (unpaired) electrons. The fourth-order valence-electron chi connectivity index (χ4n) is 2.94. The van der Waals surface area contributed by atoms with Gasteiger partial charge in [-0.3, -0.25) is 5.10 Å². The van der Waals surface area contributed by atoms with Crippen molar-refractivity contribution in [2.24, 2.45) is 0 Å². The quantitative estimate of drug-likeness (QED) is 0.582. The van der Waals surface area contributed by atoms with Gasteiger partial charge in [0.2, 0.25) is 0 Å². The van der Waals surface area contributed by atoms with Crippen LogP contribution in [0.15, 0.2) is 63.8 Å². The Bertz CT molecular complexity index is 1080. The van der Waals surface area contributed by atoms with Gasteiger partial charge in [0, 0.05) is 24.3 Å². The molecule has 5 heteroatoms. The molecule has 0 unspecified atom stereocenters. The van der Waals surface area contributed by atoms with Gasteiger partial charge in [0.1, 0.15) is 11.4 Å². The first-order valence-electron chi connectivity index (χ1n) is 8.15. The first kappa shape index (κ1) is 15.3. The summed E-state index contributed by atoms with van der Waals surface area (Å²) in [6, 6.07) is 17.5. The number of H-pyrrole nitrogens is 1. The van der Waals surface area contributed by atoms with Crippen LogP contribution in [0.4, 0.5) is 0 Å². The van der Waals surface area contributed by atoms with E-state index in [4.69, 9.17) is 4.42 Å². The Kier molecular flexibility index (Phi) is 3.90. The lowest BCUT2D eigenvalue weighted by Crippen LogP contribution is -2.02. The SMILES string of the molecule is Cc1ccc2c(Cc3n[nH]c(Cc4ccccc4)n3)cc(=O)oc2c1. The van der Waals surface area contributed by atoms with Crippen LogP contribution in [0.2, 0.25) is 0 Å². The third-order valence-corrected chi connectivity index (χ3v) is 4.13. The molecular formula is C20H17N3O2. The summed E-state index contributed by atoms with van der Waals surface area (Å²) in [6.07, 6.45) is 1.18. The van der Waals surface area contributed by atoms with Crippen LogP contribution in [0.3, 0.4) is 0 Å². The van der Waals surface area contributed by atoms with E-state index < -0.39 is 0 Å². The van der Waals surface area contributed by atoms with E-state index in [1.54, 1.807) is 0 Å². The predicted octanol–water partition coefficient (Wildman–Crippen LogP) is 3.40. The molecule has 4 aromatic rings. The fraction of sp³-hybridized carbons (Fsp3) is 0.150. The zero-order chi connectivity index (χ0) is 17.2. The first-order valence-corrected chi connectivity index (χ1v) is 8.15. The molecule has 0 aliphatic rings. The number of aryl methyl sites for hydroxylation is 1. The van der Waals surface area contributed by atoms with E-state index >= 15 is 0 Å². The maximum Gasteiger partial charge on any atom is 0.336 e. The van der Waals surface area contributed by atoms with Gasteiger partial charge >= 0.3 is 5.63 Å². The van der Waals surface area contributed by atoms with Gasteiger partial charge in [0.15, 0.2) is 5.82 Å². The predicted molar refractivity (Wildman–Crippen MR) is 95.7 cm³/mol. The summed E-state index contributed by atoms with van der Waals surface area (Å²) < 4.78 is 5.30. The van der Waals surface area contributed by atoms with Crippen LogP contribution in [-0.4, -0.2) is 15.2 Å². The zero-order valence-corrected chi connectivity index (χ0v) is 13.8. The summed E-state index contributed by atoms with van der Waals surface area (Å²) in [4.78, 5) is 16.4. The molecule has 0 amide bonds. The number of fused-ring (bicyclic) bond motifs is 1. The molecule has 0 fully saturated rings. The number of rotatable bonds is 4. The Morgan fingerprint density at radius 2 is 1.88 bits per heavy atom. The molecular weight excluding hydrogens is 314 g/mol. The lowest BCUT2D eigenvalue weighted by Gasteiger charge is -2.04. The molecule has 0 bridgehead atoms. The van der Waals surface area contributed by atoms with Crippen molar-refractivity contribution in [1.29, 1.82) is 0 Å². The van der Waals surface area contributed by atoms with E-state index in [9.17, 15) is 4.79 Å². The molecule has 1 N–H and O–H groups in total. The van der Waals surface area contributed by atoms with Gasteiger partial charge in [-0.1, -0.05) is 42.5 Å². The molecule has 0 aliphatic heterocycles. The minimum Gasteiger partial charge on any atom is -0.423 e. The van der Waals surface area contributed by atoms with Crippen LogP contribution in [0.5, 0.6) is 0 Å². The molecule has 2 heterocycles. The number of aromatic nitrogens is 3. The van der Waals surface area contributed by atoms with Crippen LogP contribution in [0, 0.1) is 6.92 Å². The number of nitrogens with one attached hydrogen (secondary N) is 1. The second-order valence-electron chi connectivity index (χ2n) is 6.13. The Morgan fingerprint density at radius 3 is 2.72 bits per heavy atom. The Labute approximate surface area is 144 Å². The van der Waals surface area contributed by atoms with Crippen molar-refractivity contribution in [1.82, 2.24) is 15.2 Å². The standard InChI is InChI=1S/C20H17N3O2/c1-13-7-8-16-15(12-20(24)25-17(16)9-13)11-19-21-18(22-23-19)10-14-5-3-2-4-6-14/h2-9,12H,10-11H2,1H3,(H,21,22,23). The summed E-state index contributed by atoms with van der Waals surface area (Å²) in [5, 5.41) is 8.19. The normalized spacial score (nSPS) is 11.1. The first-order chi connectivity index (χ1) is 12.2. The van der Waals surface area contributed by atoms with E-state index in [-0.39, 0.29) is 5.63 Å². The zero-order valence-electron chi connectivity index (χ0n) is 13.8. The molecule has 25 heavy (non-hydrogen) atoms. The highest BCUT2D eigenvalue weighted by Gasteiger charge is 2.10. The molecule has 0 saturated heterocycles. The summed E-state index contributed by atoms with van der Waals surface area (Å²) in [6.45, 7) is 1.97. The Hall–Kier alpha value is -3.21. The van der Waals surface area contributed by atoms with Gasteiger partial charge in [-0.25, -0.2) is 9.78 Å². The van der Waals surface area contributed by atoms with Crippen LogP contribution in [0.25, 0.3) is 11.0 Å². The van der Waals surface area contributed by atoms with Crippen LogP contribution >= 0.6 is 0 Å². The van der Waals surface area contributed by atoms with E-state index in [1.165, 1.54) is 11.6 Å². The molecule has 0 spiro atoms. The number of aromatic amines is 1. The molecule has 0 aliphatic carbocycles. The van der Waals surface area contributed by atoms with Crippen LogP contribution < -0.4 is 5.63 Å². The number of benzene rings is 2. The monoisotopic (exact) mass is 331 g/mol. The summed E-state index contributed by atoms with van der Waals surface area (Å²) in [7, 11) is 0. The van der Waals surface area contributed by atoms with Crippen molar-refractivity contribution < 1.29 is 4.42 Å². The average molecular weight is 331 g/mol. The summed E-state index contributed by atoms with van der Waals surface area (Å²) in [5.41, 5.74) is 3.34. The van der Waals surface area contributed by atoms with Crippen molar-refractivity contribution in [3.8, 4) is 0 Å². The highest BCUT2D eigenvalue weighted by Crippen LogP contribution is 2.20. The molecule has 0 saturated carbocycles. The van der Waals surface area contributed by atoms with Crippen molar-refractivity contribution in [2.75, 3.05) is 0 Å². The van der Waals surface area contributed by atoms with Gasteiger partial charge in [0.05, 0.1) is 0 Å². The third-order valence-electron chi connectivity index (χ3n) is 4.13. The van der Waals surface area contributed by atoms with E-state index in [0.717, 1.165) is 22.3 Å². The largest absolute Gasteiger partial charge is 0.423 e. The topological polar surface area (TPSA) is 71.8 Å². The summed E-state index contributed by atoms with van der Waals surface area (Å²) >= 11 is 0. The summed E-state index contributed by atoms with van der Waals surface area (Å²) in [5.74, 6) is 1.47. The Morgan fingerprint density at radius 1 is 1.04 bits per heavy atom. The van der Waals surface area contributed by atoms with Gasteiger partial charge in [0.25, 0.3) is 0 Å². The fourth-order valence-corrected chi connectivity index (χ4v) is 2.94. The third kappa shape index (κ3) is 3.35. The highest BCUT2D eigenvalue weighted by atomic mass is 16.4. The van der Waals surface area contributed by atoms with Crippen molar-refractivity contribution in [3.05, 3.63) is 93.4 Å². The molecule has 4 rings (SSSR count). The van der Waals surface area contributed by atoms with Gasteiger partial charge in [-0.05, 0) is 29.7 Å². The lowest BCUT2D eigenvalue weighted by molar-refractivity contribution is 0.559. The van der Waals surface area contributed by atoms with Gasteiger partial charge in [-0.15, -0.1) is 0 Å². The molecule has 2 aromatic carbocycles. The molecule has 0 atom stereocenters. The van der Waals surface area contributed by atoms with E-state index in [1.807, 2.05) is 43.3 Å². The average Bonchev–Trinajstić information content (AvgIpc) is 3.02. The van der Waals surface area contributed by atoms with Crippen LogP contribution in [-0.2, 0) is 12.8 Å². The number of hydrogen-bond acceptors (Lipinski definition) is 4. The molecule has 2 aromatic heterocycles. The highest BCUT2D eigenvalue weighted by molar-refractivity contribution is 5.81. The lowest BCUT2D eigenvalue weighted by atomic mass is 10.1. The maximum atomic E-state index is 11.8. The minimum absolute atomic E-state index is 0.354. The maximum absolute atomic E-state index is 11.8. The van der Waals surface area contributed by atoms with Crippen molar-refractivity contribution >= 4 is 11.0 Å². The van der Waals surface area contributed by atoms with E-state index in [2.05, 4.69) is 27.3 Å². The second-order valence-corrected chi connectivity index (χ2v) is 6.13. The molecule has 5 nitrogen and oxygen atoms in total. The minimum atomic E-state index is -0.354. The number of nitrogens with zero attached hydrogens (tertiary/aromatic N) is 2. The van der Waals surface area contributed by atoms with Crippen LogP contribution in [0.1, 0.15) is 28.3 Å². The second kappa shape index (κ2) is 6.36. The van der Waals surface area contributed by atoms with Crippen molar-refractivity contribution in [3.63, 3.8) is 0 Å².